The maximum absolute atomic E-state index is 11.3. The van der Waals surface area contributed by atoms with E-state index in [9.17, 15) is 4.79 Å². The van der Waals surface area contributed by atoms with E-state index in [0.29, 0.717) is 12.0 Å². The molecule has 0 atom stereocenters. The lowest BCUT2D eigenvalue weighted by Crippen LogP contribution is -2.39. The van der Waals surface area contributed by atoms with Crippen molar-refractivity contribution in [3.05, 3.63) is 0 Å². The normalized spacial score (nSPS) is 25.9. The van der Waals surface area contributed by atoms with Crippen LogP contribution in [0.15, 0.2) is 0 Å². The van der Waals surface area contributed by atoms with Crippen LogP contribution in [0, 0.1) is 11.3 Å². The first-order chi connectivity index (χ1) is 6.26. The van der Waals surface area contributed by atoms with Crippen LogP contribution in [-0.2, 0) is 9.53 Å². The Hall–Kier alpha value is -0.530. The van der Waals surface area contributed by atoms with Gasteiger partial charge in [0.25, 0.3) is 0 Å². The van der Waals surface area contributed by atoms with E-state index in [-0.39, 0.29) is 11.9 Å². The zero-order valence-corrected chi connectivity index (χ0v) is 8.34. The Labute approximate surface area is 79.7 Å². The zero-order valence-electron chi connectivity index (χ0n) is 8.34. The molecule has 0 saturated heterocycles. The number of rotatable bonds is 2. The minimum Gasteiger partial charge on any atom is -0.466 e. The molecule has 13 heavy (non-hydrogen) atoms. The van der Waals surface area contributed by atoms with Crippen molar-refractivity contribution < 1.29 is 9.53 Å². The summed E-state index contributed by atoms with van der Waals surface area (Å²) in [5.74, 6) is 0.276. The van der Waals surface area contributed by atoms with Crippen LogP contribution in [0.4, 0.5) is 0 Å². The summed E-state index contributed by atoms with van der Waals surface area (Å²) >= 11 is 0. The van der Waals surface area contributed by atoms with Gasteiger partial charge in [-0.2, -0.15) is 0 Å². The second-order valence-electron chi connectivity index (χ2n) is 4.56. The first kappa shape index (κ1) is 9.04. The van der Waals surface area contributed by atoms with Gasteiger partial charge in [-0.3, -0.25) is 4.79 Å². The summed E-state index contributed by atoms with van der Waals surface area (Å²) in [6.45, 7) is 2.41. The van der Waals surface area contributed by atoms with Crippen molar-refractivity contribution in [3.8, 4) is 0 Å². The van der Waals surface area contributed by atoms with Crippen molar-refractivity contribution in [2.75, 3.05) is 6.61 Å². The van der Waals surface area contributed by atoms with Crippen LogP contribution in [-0.4, -0.2) is 12.6 Å². The smallest absolute Gasteiger partial charge is 0.308 e. The lowest BCUT2D eigenvalue weighted by atomic mass is 9.61. The monoisotopic (exact) mass is 182 g/mol. The van der Waals surface area contributed by atoms with Crippen LogP contribution >= 0.6 is 0 Å². The van der Waals surface area contributed by atoms with Gasteiger partial charge in [-0.25, -0.2) is 0 Å². The molecule has 0 amide bonds. The van der Waals surface area contributed by atoms with E-state index in [1.54, 1.807) is 0 Å². The van der Waals surface area contributed by atoms with Crippen LogP contribution in [0.1, 0.15) is 45.4 Å². The molecule has 0 aromatic rings. The lowest BCUT2D eigenvalue weighted by molar-refractivity contribution is -0.156. The number of hydrogen-bond donors (Lipinski definition) is 0. The van der Waals surface area contributed by atoms with Crippen molar-refractivity contribution in [2.24, 2.45) is 11.3 Å². The fourth-order valence-corrected chi connectivity index (χ4v) is 2.95. The molecule has 74 valence electrons. The Morgan fingerprint density at radius 2 is 2.00 bits per heavy atom. The third kappa shape index (κ3) is 1.59. The fraction of sp³-hybridized carbons (Fsp3) is 0.909. The third-order valence-corrected chi connectivity index (χ3v) is 3.64. The highest BCUT2D eigenvalue weighted by Gasteiger charge is 2.48. The van der Waals surface area contributed by atoms with Gasteiger partial charge >= 0.3 is 5.97 Å². The van der Waals surface area contributed by atoms with Gasteiger partial charge in [-0.1, -0.05) is 12.8 Å². The third-order valence-electron chi connectivity index (χ3n) is 3.64. The summed E-state index contributed by atoms with van der Waals surface area (Å²) in [6, 6.07) is 0. The van der Waals surface area contributed by atoms with Crippen LogP contribution in [0.5, 0.6) is 0 Å². The average Bonchev–Trinajstić information content (AvgIpc) is 2.49. The van der Waals surface area contributed by atoms with Crippen molar-refractivity contribution >= 4 is 5.97 Å². The molecule has 2 rings (SSSR count). The molecule has 0 radical (unpaired) electrons. The molecule has 2 aliphatic carbocycles. The van der Waals surface area contributed by atoms with Crippen LogP contribution in [0.25, 0.3) is 0 Å². The van der Waals surface area contributed by atoms with E-state index in [2.05, 4.69) is 0 Å². The van der Waals surface area contributed by atoms with Gasteiger partial charge in [0.05, 0.1) is 12.5 Å². The van der Waals surface area contributed by atoms with Gasteiger partial charge in [0.1, 0.15) is 0 Å². The second kappa shape index (κ2) is 3.32. The highest BCUT2D eigenvalue weighted by atomic mass is 16.5. The van der Waals surface area contributed by atoms with Gasteiger partial charge < -0.3 is 4.74 Å². The van der Waals surface area contributed by atoms with Crippen LogP contribution in [0.2, 0.25) is 0 Å². The van der Waals surface area contributed by atoms with Gasteiger partial charge in [-0.15, -0.1) is 0 Å². The maximum Gasteiger partial charge on any atom is 0.308 e. The van der Waals surface area contributed by atoms with E-state index in [0.717, 1.165) is 12.8 Å². The summed E-state index contributed by atoms with van der Waals surface area (Å²) < 4.78 is 5.01. The van der Waals surface area contributed by atoms with Crippen molar-refractivity contribution in [2.45, 2.75) is 45.4 Å². The molecule has 0 aliphatic heterocycles. The summed E-state index contributed by atoms with van der Waals surface area (Å²) in [4.78, 5) is 11.3. The van der Waals surface area contributed by atoms with Gasteiger partial charge in [-0.05, 0) is 38.0 Å². The minimum absolute atomic E-state index is 0.0417. The van der Waals surface area contributed by atoms with Crippen molar-refractivity contribution in [3.63, 3.8) is 0 Å². The maximum atomic E-state index is 11.3. The molecule has 0 aromatic carbocycles. The highest BCUT2D eigenvalue weighted by molar-refractivity contribution is 5.73. The first-order valence-electron chi connectivity index (χ1n) is 5.42. The van der Waals surface area contributed by atoms with Gasteiger partial charge in [0.15, 0.2) is 0 Å². The number of hydrogen-bond acceptors (Lipinski definition) is 2. The molecule has 2 heteroatoms. The molecular formula is C11H18O2. The van der Waals surface area contributed by atoms with Crippen LogP contribution < -0.4 is 0 Å². The van der Waals surface area contributed by atoms with Gasteiger partial charge in [0, 0.05) is 0 Å². The minimum atomic E-state index is 0.0417. The van der Waals surface area contributed by atoms with E-state index < -0.39 is 0 Å². The van der Waals surface area contributed by atoms with Gasteiger partial charge in [0.2, 0.25) is 0 Å². The molecule has 1 spiro atoms. The molecule has 0 aromatic heterocycles. The predicted octanol–water partition coefficient (Wildman–Crippen LogP) is 2.52. The fourth-order valence-electron chi connectivity index (χ4n) is 2.95. The Morgan fingerprint density at radius 3 is 2.54 bits per heavy atom. The summed E-state index contributed by atoms with van der Waals surface area (Å²) in [5, 5.41) is 0. The summed E-state index contributed by atoms with van der Waals surface area (Å²) in [6.07, 6.45) is 7.65. The highest BCUT2D eigenvalue weighted by Crippen LogP contribution is 2.56. The predicted molar refractivity (Wildman–Crippen MR) is 50.3 cm³/mol. The average molecular weight is 182 g/mol. The Balaban J connectivity index is 1.80. The zero-order chi connectivity index (χ0) is 9.31. The molecule has 0 bridgehead atoms. The Morgan fingerprint density at radius 1 is 1.38 bits per heavy atom. The molecule has 2 fully saturated rings. The number of ether oxygens (including phenoxy) is 1. The molecule has 0 heterocycles. The van der Waals surface area contributed by atoms with E-state index in [1.165, 1.54) is 25.7 Å². The summed E-state index contributed by atoms with van der Waals surface area (Å²) in [7, 11) is 0. The Bertz CT molecular complexity index is 196. The topological polar surface area (TPSA) is 26.3 Å². The van der Waals surface area contributed by atoms with E-state index >= 15 is 0 Å². The summed E-state index contributed by atoms with van der Waals surface area (Å²) in [5.41, 5.74) is 0.567. The molecule has 0 unspecified atom stereocenters. The standard InChI is InChI=1S/C11H18O2/c1-2-13-10(12)9-7-11(8-9)5-3-4-6-11/h9H,2-8H2,1H3. The van der Waals surface area contributed by atoms with Crippen LogP contribution in [0.3, 0.4) is 0 Å². The molecule has 2 aliphatic rings. The molecular weight excluding hydrogens is 164 g/mol. The molecule has 2 nitrogen and oxygen atoms in total. The Kier molecular flexibility index (Phi) is 2.31. The van der Waals surface area contributed by atoms with Crippen molar-refractivity contribution in [1.82, 2.24) is 0 Å². The van der Waals surface area contributed by atoms with E-state index in [1.807, 2.05) is 6.92 Å². The SMILES string of the molecule is CCOC(=O)C1CC2(CCCC2)C1. The lowest BCUT2D eigenvalue weighted by Gasteiger charge is -2.43. The number of carbonyl (C=O) groups is 1. The second-order valence-corrected chi connectivity index (χ2v) is 4.56. The quantitative estimate of drug-likeness (QED) is 0.613. The number of esters is 1. The molecule has 0 N–H and O–H groups in total. The van der Waals surface area contributed by atoms with Crippen molar-refractivity contribution in [1.29, 1.82) is 0 Å². The molecule has 2 saturated carbocycles. The first-order valence-corrected chi connectivity index (χ1v) is 5.42. The largest absolute Gasteiger partial charge is 0.466 e. The van der Waals surface area contributed by atoms with E-state index in [4.69, 9.17) is 4.74 Å². The number of carbonyl (C=O) groups excluding carboxylic acids is 1.